The Hall–Kier alpha value is -1.53. The number of nitrogens with zero attached hydrogens (tertiary/aromatic N) is 2. The van der Waals surface area contributed by atoms with Crippen molar-refractivity contribution in [3.05, 3.63) is 18.0 Å². The Labute approximate surface area is 90.0 Å². The Bertz CT molecular complexity index is 373. The summed E-state index contributed by atoms with van der Waals surface area (Å²) in [6, 6.07) is 0.865. The van der Waals surface area contributed by atoms with Crippen molar-refractivity contribution in [3.63, 3.8) is 0 Å². The van der Waals surface area contributed by atoms with Crippen molar-refractivity contribution in [1.29, 1.82) is 0 Å². The molecule has 7 heteroatoms. The summed E-state index contributed by atoms with van der Waals surface area (Å²) in [4.78, 5) is 11.0. The first-order valence-corrected chi connectivity index (χ1v) is 4.53. The molecule has 1 heterocycles. The summed E-state index contributed by atoms with van der Waals surface area (Å²) >= 11 is 0. The van der Waals surface area contributed by atoms with Crippen LogP contribution in [0.25, 0.3) is 0 Å². The first kappa shape index (κ1) is 12.5. The van der Waals surface area contributed by atoms with E-state index in [0.29, 0.717) is 0 Å². The highest BCUT2D eigenvalue weighted by Gasteiger charge is 2.33. The van der Waals surface area contributed by atoms with Crippen molar-refractivity contribution in [2.75, 3.05) is 7.11 Å². The fraction of sp³-hybridized carbons (Fsp3) is 0.556. The molecule has 0 bridgehead atoms. The molecule has 0 aliphatic carbocycles. The van der Waals surface area contributed by atoms with Gasteiger partial charge >= 0.3 is 12.1 Å². The molecule has 1 aromatic rings. The molecule has 0 radical (unpaired) electrons. The smallest absolute Gasteiger partial charge is 0.435 e. The van der Waals surface area contributed by atoms with Gasteiger partial charge in [0.2, 0.25) is 0 Å². The molecule has 0 aromatic carbocycles. The summed E-state index contributed by atoms with van der Waals surface area (Å²) in [5.41, 5.74) is -0.968. The minimum Gasteiger partial charge on any atom is -0.469 e. The van der Waals surface area contributed by atoms with Gasteiger partial charge in [-0.05, 0) is 6.07 Å². The SMILES string of the molecule is COC(=O)C(C)Cn1ccc(C(F)(F)F)n1. The summed E-state index contributed by atoms with van der Waals surface area (Å²) in [7, 11) is 1.23. The van der Waals surface area contributed by atoms with Crippen LogP contribution in [0.3, 0.4) is 0 Å². The van der Waals surface area contributed by atoms with Crippen LogP contribution in [0.5, 0.6) is 0 Å². The van der Waals surface area contributed by atoms with E-state index in [1.165, 1.54) is 13.3 Å². The van der Waals surface area contributed by atoms with Crippen molar-refractivity contribution < 1.29 is 22.7 Å². The van der Waals surface area contributed by atoms with Gasteiger partial charge in [0.1, 0.15) is 0 Å². The second kappa shape index (κ2) is 4.54. The van der Waals surface area contributed by atoms with Gasteiger partial charge in [-0.2, -0.15) is 18.3 Å². The van der Waals surface area contributed by atoms with E-state index in [1.807, 2.05) is 0 Å². The van der Waals surface area contributed by atoms with Crippen molar-refractivity contribution in [2.24, 2.45) is 5.92 Å². The molecule has 0 fully saturated rings. The molecule has 1 atom stereocenters. The fourth-order valence-electron chi connectivity index (χ4n) is 1.17. The van der Waals surface area contributed by atoms with E-state index in [9.17, 15) is 18.0 Å². The number of rotatable bonds is 3. The van der Waals surface area contributed by atoms with E-state index in [1.54, 1.807) is 6.92 Å². The molecular formula is C9H11F3N2O2. The zero-order chi connectivity index (χ0) is 12.3. The number of aromatic nitrogens is 2. The van der Waals surface area contributed by atoms with E-state index >= 15 is 0 Å². The van der Waals surface area contributed by atoms with Crippen molar-refractivity contribution in [1.82, 2.24) is 9.78 Å². The first-order chi connectivity index (χ1) is 7.34. The molecule has 1 aromatic heterocycles. The van der Waals surface area contributed by atoms with Crippen LogP contribution >= 0.6 is 0 Å². The third-order valence-electron chi connectivity index (χ3n) is 2.00. The average molecular weight is 236 g/mol. The first-order valence-electron chi connectivity index (χ1n) is 4.53. The molecule has 0 spiro atoms. The summed E-state index contributed by atoms with van der Waals surface area (Å²) in [6.45, 7) is 1.61. The maximum Gasteiger partial charge on any atom is 0.435 e. The second-order valence-electron chi connectivity index (χ2n) is 3.34. The second-order valence-corrected chi connectivity index (χ2v) is 3.34. The summed E-state index contributed by atoms with van der Waals surface area (Å²) in [5, 5.41) is 3.32. The summed E-state index contributed by atoms with van der Waals surface area (Å²) in [5.74, 6) is -1.02. The van der Waals surface area contributed by atoms with Gasteiger partial charge in [-0.3, -0.25) is 9.48 Å². The summed E-state index contributed by atoms with van der Waals surface area (Å²) in [6.07, 6.45) is -3.28. The standard InChI is InChI=1S/C9H11F3N2O2/c1-6(8(15)16-2)5-14-4-3-7(13-14)9(10,11)12/h3-4,6H,5H2,1-2H3. The van der Waals surface area contributed by atoms with E-state index < -0.39 is 23.8 Å². The molecule has 16 heavy (non-hydrogen) atoms. The minimum absolute atomic E-state index is 0.0583. The van der Waals surface area contributed by atoms with Crippen LogP contribution in [-0.4, -0.2) is 22.9 Å². The average Bonchev–Trinajstić information content (AvgIpc) is 2.64. The van der Waals surface area contributed by atoms with Crippen LogP contribution in [0.15, 0.2) is 12.3 Å². The van der Waals surface area contributed by atoms with Crippen LogP contribution in [-0.2, 0) is 22.3 Å². The van der Waals surface area contributed by atoms with E-state index in [2.05, 4.69) is 9.84 Å². The van der Waals surface area contributed by atoms with Crippen LogP contribution < -0.4 is 0 Å². The molecule has 1 rings (SSSR count). The van der Waals surface area contributed by atoms with Gasteiger partial charge in [0.05, 0.1) is 19.6 Å². The molecule has 0 saturated carbocycles. The number of alkyl halides is 3. The van der Waals surface area contributed by atoms with Gasteiger partial charge in [0.15, 0.2) is 5.69 Å². The quantitative estimate of drug-likeness (QED) is 0.750. The molecule has 0 N–H and O–H groups in total. The highest BCUT2D eigenvalue weighted by molar-refractivity contribution is 5.71. The molecule has 90 valence electrons. The van der Waals surface area contributed by atoms with Gasteiger partial charge in [-0.1, -0.05) is 6.92 Å². The monoisotopic (exact) mass is 236 g/mol. The number of halogens is 3. The molecule has 0 amide bonds. The third-order valence-corrected chi connectivity index (χ3v) is 2.00. The predicted octanol–water partition coefficient (Wildman–Crippen LogP) is 1.71. The number of hydrogen-bond acceptors (Lipinski definition) is 3. The lowest BCUT2D eigenvalue weighted by molar-refractivity contribution is -0.145. The Morgan fingerprint density at radius 1 is 1.62 bits per heavy atom. The number of carbonyl (C=O) groups excluding carboxylic acids is 1. The maximum atomic E-state index is 12.2. The lowest BCUT2D eigenvalue weighted by Gasteiger charge is -2.08. The Morgan fingerprint density at radius 2 is 2.25 bits per heavy atom. The van der Waals surface area contributed by atoms with Crippen molar-refractivity contribution in [2.45, 2.75) is 19.6 Å². The van der Waals surface area contributed by atoms with Crippen molar-refractivity contribution in [3.8, 4) is 0 Å². The largest absolute Gasteiger partial charge is 0.469 e. The number of ether oxygens (including phenoxy) is 1. The maximum absolute atomic E-state index is 12.2. The van der Waals surface area contributed by atoms with Gasteiger partial charge in [-0.25, -0.2) is 0 Å². The number of hydrogen-bond donors (Lipinski definition) is 0. The molecule has 0 aliphatic rings. The molecule has 1 unspecified atom stereocenters. The zero-order valence-electron chi connectivity index (χ0n) is 8.78. The minimum atomic E-state index is -4.46. The topological polar surface area (TPSA) is 44.1 Å². The lowest BCUT2D eigenvalue weighted by atomic mass is 10.2. The van der Waals surface area contributed by atoms with Gasteiger partial charge in [0.25, 0.3) is 0 Å². The van der Waals surface area contributed by atoms with Gasteiger partial charge in [0, 0.05) is 6.20 Å². The zero-order valence-corrected chi connectivity index (χ0v) is 8.78. The van der Waals surface area contributed by atoms with E-state index in [0.717, 1.165) is 10.7 Å². The van der Waals surface area contributed by atoms with E-state index in [4.69, 9.17) is 0 Å². The molecule has 4 nitrogen and oxygen atoms in total. The van der Waals surface area contributed by atoms with Crippen molar-refractivity contribution >= 4 is 5.97 Å². The third kappa shape index (κ3) is 2.98. The van der Waals surface area contributed by atoms with Gasteiger partial charge < -0.3 is 4.74 Å². The molecule has 0 aliphatic heterocycles. The fourth-order valence-corrected chi connectivity index (χ4v) is 1.17. The predicted molar refractivity (Wildman–Crippen MR) is 48.4 cm³/mol. The Balaban J connectivity index is 2.69. The van der Waals surface area contributed by atoms with Crippen LogP contribution in [0.1, 0.15) is 12.6 Å². The number of carbonyl (C=O) groups is 1. The summed E-state index contributed by atoms with van der Waals surface area (Å²) < 4.78 is 42.1. The van der Waals surface area contributed by atoms with Crippen LogP contribution in [0.2, 0.25) is 0 Å². The number of methoxy groups -OCH3 is 1. The Kier molecular flexibility index (Phi) is 3.56. The van der Waals surface area contributed by atoms with Gasteiger partial charge in [-0.15, -0.1) is 0 Å². The highest BCUT2D eigenvalue weighted by Crippen LogP contribution is 2.27. The lowest BCUT2D eigenvalue weighted by Crippen LogP contribution is -2.19. The highest BCUT2D eigenvalue weighted by atomic mass is 19.4. The number of esters is 1. The Morgan fingerprint density at radius 3 is 2.69 bits per heavy atom. The van der Waals surface area contributed by atoms with E-state index in [-0.39, 0.29) is 6.54 Å². The van der Waals surface area contributed by atoms with Crippen LogP contribution in [0.4, 0.5) is 13.2 Å². The molecule has 0 saturated heterocycles. The normalized spacial score (nSPS) is 13.6. The van der Waals surface area contributed by atoms with Crippen LogP contribution in [0, 0.1) is 5.92 Å². The molecular weight excluding hydrogens is 225 g/mol.